The van der Waals surface area contributed by atoms with Crippen LogP contribution < -0.4 is 5.56 Å². The molecule has 2 aromatic rings. The highest BCUT2D eigenvalue weighted by molar-refractivity contribution is 5.81. The van der Waals surface area contributed by atoms with Gasteiger partial charge in [-0.3, -0.25) is 4.79 Å². The zero-order valence-corrected chi connectivity index (χ0v) is 7.00. The molecule has 0 aliphatic rings. The molecule has 0 spiro atoms. The molecule has 0 aliphatic carbocycles. The zero-order chi connectivity index (χ0) is 9.26. The summed E-state index contributed by atoms with van der Waals surface area (Å²) in [4.78, 5) is 14.1. The molecule has 0 bridgehead atoms. The van der Waals surface area contributed by atoms with Crippen molar-refractivity contribution in [3.05, 3.63) is 59.0 Å². The van der Waals surface area contributed by atoms with E-state index in [1.807, 2.05) is 24.3 Å². The second kappa shape index (κ2) is 2.90. The van der Waals surface area contributed by atoms with Crippen LogP contribution in [-0.2, 0) is 0 Å². The first-order valence-corrected chi connectivity index (χ1v) is 3.96. The van der Waals surface area contributed by atoms with Crippen LogP contribution in [0.3, 0.4) is 0 Å². The standard InChI is InChI=1S/C11H8NO/c1-2-9-7-8-5-3-4-6-10(8)11(13)12-9/h3-7H,1H2,(H,12,13). The molecule has 0 fully saturated rings. The fourth-order valence-electron chi connectivity index (χ4n) is 1.31. The summed E-state index contributed by atoms with van der Waals surface area (Å²) in [7, 11) is 0. The molecule has 0 amide bonds. The lowest BCUT2D eigenvalue weighted by Crippen LogP contribution is -2.07. The van der Waals surface area contributed by atoms with Gasteiger partial charge >= 0.3 is 0 Å². The minimum Gasteiger partial charge on any atom is -0.321 e. The van der Waals surface area contributed by atoms with Crippen molar-refractivity contribution in [1.82, 2.24) is 4.98 Å². The minimum absolute atomic E-state index is 0.0933. The Morgan fingerprint density at radius 1 is 1.31 bits per heavy atom. The van der Waals surface area contributed by atoms with Gasteiger partial charge in [-0.05, 0) is 23.6 Å². The Hall–Kier alpha value is -1.83. The first-order valence-electron chi connectivity index (χ1n) is 3.96. The largest absolute Gasteiger partial charge is 0.321 e. The summed E-state index contributed by atoms with van der Waals surface area (Å²) in [5.74, 6) is 0. The van der Waals surface area contributed by atoms with E-state index in [9.17, 15) is 4.79 Å². The number of aromatic amines is 1. The van der Waals surface area contributed by atoms with Crippen LogP contribution in [0.25, 0.3) is 10.8 Å². The minimum atomic E-state index is -0.0933. The Bertz CT molecular complexity index is 511. The van der Waals surface area contributed by atoms with E-state index in [-0.39, 0.29) is 5.56 Å². The predicted molar refractivity (Wildman–Crippen MR) is 52.5 cm³/mol. The summed E-state index contributed by atoms with van der Waals surface area (Å²) in [6.07, 6.45) is 2.65. The molecule has 2 nitrogen and oxygen atoms in total. The van der Waals surface area contributed by atoms with E-state index < -0.39 is 0 Å². The van der Waals surface area contributed by atoms with Gasteiger partial charge in [0.25, 0.3) is 5.56 Å². The van der Waals surface area contributed by atoms with Gasteiger partial charge in [-0.15, -0.1) is 0 Å². The highest BCUT2D eigenvalue weighted by Crippen LogP contribution is 2.09. The molecule has 0 saturated heterocycles. The van der Waals surface area contributed by atoms with Gasteiger partial charge < -0.3 is 4.98 Å². The Labute approximate surface area is 75.5 Å². The van der Waals surface area contributed by atoms with Crippen molar-refractivity contribution < 1.29 is 0 Å². The molecule has 13 heavy (non-hydrogen) atoms. The molecule has 1 aromatic carbocycles. The van der Waals surface area contributed by atoms with E-state index in [1.54, 1.807) is 6.07 Å². The molecule has 1 heterocycles. The second-order valence-corrected chi connectivity index (χ2v) is 2.78. The number of aromatic nitrogens is 1. The first-order chi connectivity index (χ1) is 6.31. The van der Waals surface area contributed by atoms with Gasteiger partial charge in [0.05, 0.1) is 0 Å². The van der Waals surface area contributed by atoms with E-state index in [2.05, 4.69) is 17.6 Å². The molecule has 0 unspecified atom stereocenters. The average Bonchev–Trinajstić information content (AvgIpc) is 2.18. The van der Waals surface area contributed by atoms with Gasteiger partial charge in [0, 0.05) is 11.1 Å². The van der Waals surface area contributed by atoms with Crippen molar-refractivity contribution in [2.75, 3.05) is 0 Å². The first kappa shape index (κ1) is 7.80. The van der Waals surface area contributed by atoms with Crippen molar-refractivity contribution in [2.45, 2.75) is 0 Å². The molecule has 1 aromatic heterocycles. The van der Waals surface area contributed by atoms with Crippen molar-refractivity contribution in [2.24, 2.45) is 0 Å². The molecule has 2 rings (SSSR count). The zero-order valence-electron chi connectivity index (χ0n) is 7.00. The Morgan fingerprint density at radius 3 is 2.85 bits per heavy atom. The van der Waals surface area contributed by atoms with Gasteiger partial charge in [-0.1, -0.05) is 24.8 Å². The molecule has 0 saturated carbocycles. The molecular formula is C11H8NO. The van der Waals surface area contributed by atoms with E-state index in [0.717, 1.165) is 5.39 Å². The third-order valence-electron chi connectivity index (χ3n) is 1.94. The normalized spacial score (nSPS) is 10.2. The topological polar surface area (TPSA) is 32.9 Å². The quantitative estimate of drug-likeness (QED) is 0.696. The van der Waals surface area contributed by atoms with Crippen LogP contribution in [0.4, 0.5) is 0 Å². The van der Waals surface area contributed by atoms with Gasteiger partial charge in [0.1, 0.15) is 0 Å². The molecule has 0 atom stereocenters. The highest BCUT2D eigenvalue weighted by atomic mass is 16.1. The van der Waals surface area contributed by atoms with Gasteiger partial charge in [0.2, 0.25) is 0 Å². The summed E-state index contributed by atoms with van der Waals surface area (Å²) >= 11 is 0. The molecular weight excluding hydrogens is 162 g/mol. The van der Waals surface area contributed by atoms with E-state index in [1.165, 1.54) is 0 Å². The summed E-state index contributed by atoms with van der Waals surface area (Å²) in [5, 5.41) is 1.61. The predicted octanol–water partition coefficient (Wildman–Crippen LogP) is 1.87. The fourth-order valence-corrected chi connectivity index (χ4v) is 1.31. The fraction of sp³-hybridized carbons (Fsp3) is 0. The van der Waals surface area contributed by atoms with E-state index in [4.69, 9.17) is 0 Å². The van der Waals surface area contributed by atoms with E-state index in [0.29, 0.717) is 11.1 Å². The van der Waals surface area contributed by atoms with Crippen LogP contribution in [0, 0.1) is 6.08 Å². The Kier molecular flexibility index (Phi) is 1.74. The number of pyridine rings is 1. The second-order valence-electron chi connectivity index (χ2n) is 2.78. The molecule has 63 valence electrons. The lowest BCUT2D eigenvalue weighted by atomic mass is 10.1. The third kappa shape index (κ3) is 1.26. The summed E-state index contributed by atoms with van der Waals surface area (Å²) < 4.78 is 0. The van der Waals surface area contributed by atoms with Crippen LogP contribution in [0.2, 0.25) is 0 Å². The molecule has 1 radical (unpaired) electrons. The Morgan fingerprint density at radius 2 is 2.08 bits per heavy atom. The molecule has 0 aliphatic heterocycles. The monoisotopic (exact) mass is 170 g/mol. The lowest BCUT2D eigenvalue weighted by Gasteiger charge is -1.97. The van der Waals surface area contributed by atoms with Gasteiger partial charge in [0.15, 0.2) is 0 Å². The van der Waals surface area contributed by atoms with Crippen molar-refractivity contribution >= 4 is 10.8 Å². The van der Waals surface area contributed by atoms with Crippen molar-refractivity contribution in [3.63, 3.8) is 0 Å². The number of benzene rings is 1. The Balaban J connectivity index is 2.92. The third-order valence-corrected chi connectivity index (χ3v) is 1.94. The van der Waals surface area contributed by atoms with Crippen LogP contribution in [-0.4, -0.2) is 4.98 Å². The van der Waals surface area contributed by atoms with Gasteiger partial charge in [-0.25, -0.2) is 0 Å². The number of rotatable bonds is 1. The maximum Gasteiger partial charge on any atom is 0.256 e. The van der Waals surface area contributed by atoms with Crippen LogP contribution in [0.1, 0.15) is 5.69 Å². The number of hydrogen-bond donors (Lipinski definition) is 1. The summed E-state index contributed by atoms with van der Waals surface area (Å²) in [6, 6.07) is 9.28. The van der Waals surface area contributed by atoms with E-state index >= 15 is 0 Å². The number of H-pyrrole nitrogens is 1. The number of fused-ring (bicyclic) bond motifs is 1. The summed E-state index contributed by atoms with van der Waals surface area (Å²) in [6.45, 7) is 3.48. The maximum absolute atomic E-state index is 11.4. The molecule has 2 heteroatoms. The lowest BCUT2D eigenvalue weighted by molar-refractivity contribution is 1.22. The number of hydrogen-bond acceptors (Lipinski definition) is 1. The van der Waals surface area contributed by atoms with Crippen molar-refractivity contribution in [1.29, 1.82) is 0 Å². The molecule has 1 N–H and O–H groups in total. The summed E-state index contributed by atoms with van der Waals surface area (Å²) in [5.41, 5.74) is 0.535. The smallest absolute Gasteiger partial charge is 0.256 e. The number of nitrogens with one attached hydrogen (secondary N) is 1. The van der Waals surface area contributed by atoms with Gasteiger partial charge in [-0.2, -0.15) is 0 Å². The van der Waals surface area contributed by atoms with Crippen LogP contribution in [0.15, 0.2) is 41.7 Å². The SMILES string of the molecule is C=[C]c1cc2ccccc2c(=O)[nH]1. The highest BCUT2D eigenvalue weighted by Gasteiger charge is 1.97. The van der Waals surface area contributed by atoms with Crippen molar-refractivity contribution in [3.8, 4) is 0 Å². The maximum atomic E-state index is 11.4. The van der Waals surface area contributed by atoms with Crippen LogP contribution >= 0.6 is 0 Å². The van der Waals surface area contributed by atoms with Crippen LogP contribution in [0.5, 0.6) is 0 Å². The average molecular weight is 170 g/mol.